The second kappa shape index (κ2) is 10.7. The normalized spacial score (nSPS) is 16.1. The Balaban J connectivity index is 1.91. The third-order valence-electron chi connectivity index (χ3n) is 5.81. The zero-order valence-corrected chi connectivity index (χ0v) is 19.6. The molecule has 2 amide bonds. The standard InChI is InChI=1S/C24H16F12N2O2/c25-16-6-4-12(17(26)18(16)27)14(23(31,32)33)5-2-11-1-3-13(15(9-11)24(34,35)36)19(39)38-21(7-8-21)20(40)37-10-22(28,29)30/h1-6,9,14H,7-8,10H2,(H,37,40)(H,38,39). The molecule has 16 heteroatoms. The van der Waals surface area contributed by atoms with Gasteiger partial charge in [0.2, 0.25) is 5.91 Å². The first-order valence-corrected chi connectivity index (χ1v) is 11.0. The van der Waals surface area contributed by atoms with Crippen LogP contribution in [0.1, 0.15) is 45.8 Å². The smallest absolute Gasteiger partial charge is 0.345 e. The molecule has 40 heavy (non-hydrogen) atoms. The number of benzene rings is 2. The van der Waals surface area contributed by atoms with Gasteiger partial charge < -0.3 is 10.6 Å². The summed E-state index contributed by atoms with van der Waals surface area (Å²) in [5.41, 5.74) is -6.53. The minimum absolute atomic E-state index is 0.163. The zero-order chi connectivity index (χ0) is 30.3. The summed E-state index contributed by atoms with van der Waals surface area (Å²) < 4.78 is 160. The molecule has 1 saturated carbocycles. The molecule has 0 spiro atoms. The Labute approximate surface area is 217 Å². The molecule has 1 aliphatic rings. The van der Waals surface area contributed by atoms with E-state index in [0.29, 0.717) is 18.2 Å². The van der Waals surface area contributed by atoms with Gasteiger partial charge in [-0.2, -0.15) is 39.5 Å². The van der Waals surface area contributed by atoms with Crippen molar-refractivity contribution in [3.63, 3.8) is 0 Å². The van der Waals surface area contributed by atoms with Gasteiger partial charge in [0.1, 0.15) is 18.0 Å². The van der Waals surface area contributed by atoms with E-state index >= 15 is 0 Å². The van der Waals surface area contributed by atoms with Gasteiger partial charge in [-0.3, -0.25) is 9.59 Å². The third-order valence-corrected chi connectivity index (χ3v) is 5.81. The van der Waals surface area contributed by atoms with Crippen molar-refractivity contribution in [2.24, 2.45) is 0 Å². The fourth-order valence-electron chi connectivity index (χ4n) is 3.64. The van der Waals surface area contributed by atoms with E-state index in [1.165, 1.54) is 5.32 Å². The van der Waals surface area contributed by atoms with Gasteiger partial charge in [-0.15, -0.1) is 0 Å². The Morgan fingerprint density at radius 1 is 0.900 bits per heavy atom. The number of carbonyl (C=O) groups is 2. The number of alkyl halides is 9. The van der Waals surface area contributed by atoms with E-state index in [-0.39, 0.29) is 31.1 Å². The quantitative estimate of drug-likeness (QED) is 0.288. The number of rotatable bonds is 7. The van der Waals surface area contributed by atoms with E-state index in [9.17, 15) is 62.3 Å². The summed E-state index contributed by atoms with van der Waals surface area (Å²) in [6.07, 6.45) is -15.0. The molecule has 0 bridgehead atoms. The zero-order valence-electron chi connectivity index (χ0n) is 19.6. The summed E-state index contributed by atoms with van der Waals surface area (Å²) in [4.78, 5) is 24.6. The SMILES string of the molecule is O=C(NC1(C(=O)NCC(F)(F)F)CC1)c1ccc(C=CC(c2ccc(F)c(F)c2F)C(F)(F)F)cc1C(F)(F)F. The molecular formula is C24H16F12N2O2. The van der Waals surface area contributed by atoms with Crippen LogP contribution >= 0.6 is 0 Å². The lowest BCUT2D eigenvalue weighted by molar-refractivity contribution is -0.140. The number of carbonyl (C=O) groups excluding carboxylic acids is 2. The van der Waals surface area contributed by atoms with Gasteiger partial charge in [0.25, 0.3) is 5.91 Å². The molecule has 0 aromatic heterocycles. The average Bonchev–Trinajstić information content (AvgIpc) is 3.61. The van der Waals surface area contributed by atoms with Crippen molar-refractivity contribution in [2.45, 2.75) is 42.8 Å². The van der Waals surface area contributed by atoms with Gasteiger partial charge in [-0.1, -0.05) is 24.3 Å². The Hall–Kier alpha value is -3.72. The lowest BCUT2D eigenvalue weighted by Crippen LogP contribution is -2.51. The van der Waals surface area contributed by atoms with Crippen LogP contribution in [0.4, 0.5) is 52.7 Å². The van der Waals surface area contributed by atoms with Crippen LogP contribution < -0.4 is 10.6 Å². The average molecular weight is 592 g/mol. The van der Waals surface area contributed by atoms with Crippen LogP contribution in [0.3, 0.4) is 0 Å². The van der Waals surface area contributed by atoms with Crippen LogP contribution in [-0.2, 0) is 11.0 Å². The summed E-state index contributed by atoms with van der Waals surface area (Å²) in [7, 11) is 0. The number of hydrogen-bond acceptors (Lipinski definition) is 2. The molecular weight excluding hydrogens is 576 g/mol. The first-order chi connectivity index (χ1) is 18.2. The first-order valence-electron chi connectivity index (χ1n) is 11.0. The van der Waals surface area contributed by atoms with E-state index in [0.717, 1.165) is 6.07 Å². The minimum atomic E-state index is -5.28. The summed E-state index contributed by atoms with van der Waals surface area (Å²) >= 11 is 0. The maximum absolute atomic E-state index is 14.0. The van der Waals surface area contributed by atoms with E-state index in [2.05, 4.69) is 0 Å². The first kappa shape index (κ1) is 30.8. The van der Waals surface area contributed by atoms with Gasteiger partial charge in [-0.25, -0.2) is 13.2 Å². The topological polar surface area (TPSA) is 58.2 Å². The number of amides is 2. The number of allylic oxidation sites excluding steroid dienone is 1. The molecule has 1 atom stereocenters. The van der Waals surface area contributed by atoms with Gasteiger partial charge in [-0.05, 0) is 36.6 Å². The van der Waals surface area contributed by atoms with Crippen molar-refractivity contribution >= 4 is 17.9 Å². The van der Waals surface area contributed by atoms with E-state index in [1.54, 1.807) is 0 Å². The van der Waals surface area contributed by atoms with Crippen molar-refractivity contribution < 1.29 is 62.3 Å². The van der Waals surface area contributed by atoms with Crippen LogP contribution in [0.2, 0.25) is 0 Å². The number of halogens is 12. The molecule has 1 aliphatic carbocycles. The van der Waals surface area contributed by atoms with Crippen molar-refractivity contribution in [1.29, 1.82) is 0 Å². The summed E-state index contributed by atoms with van der Waals surface area (Å²) in [6.45, 7) is -1.74. The molecule has 2 N–H and O–H groups in total. The van der Waals surface area contributed by atoms with Crippen molar-refractivity contribution in [1.82, 2.24) is 10.6 Å². The van der Waals surface area contributed by atoms with E-state index in [1.807, 2.05) is 5.32 Å². The van der Waals surface area contributed by atoms with Gasteiger partial charge >= 0.3 is 18.5 Å². The molecule has 218 valence electrons. The Kier molecular flexibility index (Phi) is 8.23. The second-order valence-corrected chi connectivity index (χ2v) is 8.78. The fourth-order valence-corrected chi connectivity index (χ4v) is 3.64. The van der Waals surface area contributed by atoms with Crippen LogP contribution in [0.5, 0.6) is 0 Å². The summed E-state index contributed by atoms with van der Waals surface area (Å²) in [5.74, 6) is -11.8. The van der Waals surface area contributed by atoms with Crippen molar-refractivity contribution in [3.05, 3.63) is 76.1 Å². The van der Waals surface area contributed by atoms with Crippen LogP contribution in [-0.4, -0.2) is 36.3 Å². The second-order valence-electron chi connectivity index (χ2n) is 8.78. The van der Waals surface area contributed by atoms with Crippen LogP contribution in [0.25, 0.3) is 6.08 Å². The molecule has 1 fully saturated rings. The molecule has 0 heterocycles. The molecule has 2 aromatic rings. The van der Waals surface area contributed by atoms with Gasteiger partial charge in [0.15, 0.2) is 17.5 Å². The Bertz CT molecular complexity index is 1320. The highest BCUT2D eigenvalue weighted by Gasteiger charge is 2.52. The minimum Gasteiger partial charge on any atom is -0.345 e. The predicted octanol–water partition coefficient (Wildman–Crippen LogP) is 6.42. The van der Waals surface area contributed by atoms with Gasteiger partial charge in [0.05, 0.1) is 11.1 Å². The molecule has 3 rings (SSSR count). The summed E-state index contributed by atoms with van der Waals surface area (Å²) in [5, 5.41) is 3.49. The molecule has 0 radical (unpaired) electrons. The van der Waals surface area contributed by atoms with Crippen LogP contribution in [0.15, 0.2) is 36.4 Å². The Morgan fingerprint density at radius 2 is 1.52 bits per heavy atom. The molecule has 4 nitrogen and oxygen atoms in total. The number of hydrogen-bond donors (Lipinski definition) is 2. The molecule has 1 unspecified atom stereocenters. The highest BCUT2D eigenvalue weighted by atomic mass is 19.4. The maximum atomic E-state index is 14.0. The summed E-state index contributed by atoms with van der Waals surface area (Å²) in [6, 6.07) is 2.17. The molecule has 0 aliphatic heterocycles. The highest BCUT2D eigenvalue weighted by Crippen LogP contribution is 2.40. The maximum Gasteiger partial charge on any atom is 0.417 e. The predicted molar refractivity (Wildman–Crippen MR) is 114 cm³/mol. The van der Waals surface area contributed by atoms with E-state index in [4.69, 9.17) is 0 Å². The largest absolute Gasteiger partial charge is 0.417 e. The molecule has 2 aromatic carbocycles. The third kappa shape index (κ3) is 7.07. The fraction of sp³-hybridized carbons (Fsp3) is 0.333. The monoisotopic (exact) mass is 592 g/mol. The Morgan fingerprint density at radius 3 is 2.05 bits per heavy atom. The van der Waals surface area contributed by atoms with Gasteiger partial charge in [0, 0.05) is 5.56 Å². The lowest BCUT2D eigenvalue weighted by Gasteiger charge is -2.20. The highest BCUT2D eigenvalue weighted by molar-refractivity contribution is 6.01. The lowest BCUT2D eigenvalue weighted by atomic mass is 9.95. The van der Waals surface area contributed by atoms with Crippen molar-refractivity contribution in [2.75, 3.05) is 6.54 Å². The van der Waals surface area contributed by atoms with Crippen LogP contribution in [0, 0.1) is 17.5 Å². The van der Waals surface area contributed by atoms with Crippen molar-refractivity contribution in [3.8, 4) is 0 Å². The molecule has 0 saturated heterocycles. The van der Waals surface area contributed by atoms with E-state index < -0.39 is 88.1 Å². The number of nitrogens with one attached hydrogen (secondary N) is 2.